The van der Waals surface area contributed by atoms with E-state index in [1.807, 2.05) is 0 Å². The molecule has 2 rings (SSSR count). The molecule has 0 aliphatic carbocycles. The zero-order chi connectivity index (χ0) is 8.72. The van der Waals surface area contributed by atoms with Crippen molar-refractivity contribution in [2.75, 3.05) is 23.7 Å². The molecule has 1 aliphatic rings. The zero-order valence-electron chi connectivity index (χ0n) is 7.78. The molecule has 0 bridgehead atoms. The summed E-state index contributed by atoms with van der Waals surface area (Å²) in [5, 5.41) is 0. The molecule has 0 unspecified atom stereocenters. The van der Waals surface area contributed by atoms with Crippen molar-refractivity contribution in [3.8, 4) is 0 Å². The quantitative estimate of drug-likeness (QED) is 0.533. The lowest BCUT2D eigenvalue weighted by molar-refractivity contribution is 1.29. The maximum atomic E-state index is 2.29. The number of para-hydroxylation sites is 2. The van der Waals surface area contributed by atoms with Crippen LogP contribution in [-0.2, 0) is 0 Å². The van der Waals surface area contributed by atoms with Crippen molar-refractivity contribution in [1.29, 1.82) is 0 Å². The van der Waals surface area contributed by atoms with Crippen molar-refractivity contribution in [2.45, 2.75) is 6.82 Å². The van der Waals surface area contributed by atoms with Gasteiger partial charge in [-0.15, -0.1) is 0 Å². The summed E-state index contributed by atoms with van der Waals surface area (Å²) in [6.45, 7) is 2.68. The number of anilines is 2. The fourth-order valence-electron chi connectivity index (χ4n) is 1.72. The van der Waals surface area contributed by atoms with Crippen LogP contribution in [0.1, 0.15) is 0 Å². The number of benzene rings is 1. The molecule has 2 nitrogen and oxygen atoms in total. The normalized spacial score (nSPS) is 15.4. The van der Waals surface area contributed by atoms with Gasteiger partial charge in [-0.2, -0.15) is 0 Å². The molecule has 0 N–H and O–H groups in total. The van der Waals surface area contributed by atoms with E-state index in [2.05, 4.69) is 54.8 Å². The van der Waals surface area contributed by atoms with Crippen LogP contribution in [0.3, 0.4) is 0 Å². The summed E-state index contributed by atoms with van der Waals surface area (Å²) >= 11 is 0. The highest BCUT2D eigenvalue weighted by molar-refractivity contribution is 6.68. The van der Waals surface area contributed by atoms with Crippen LogP contribution in [0.4, 0.5) is 11.4 Å². The molecule has 0 fully saturated rings. The highest BCUT2D eigenvalue weighted by Crippen LogP contribution is 2.34. The molecule has 3 heteroatoms. The molecule has 0 spiro atoms. The van der Waals surface area contributed by atoms with E-state index in [0.29, 0.717) is 6.98 Å². The van der Waals surface area contributed by atoms with Gasteiger partial charge in [-0.3, -0.25) is 0 Å². The van der Waals surface area contributed by atoms with Gasteiger partial charge in [0, 0.05) is 11.4 Å². The first kappa shape index (κ1) is 7.53. The number of fused-ring (bicyclic) bond motifs is 1. The summed E-state index contributed by atoms with van der Waals surface area (Å²) in [7, 11) is 4.26. The summed E-state index contributed by atoms with van der Waals surface area (Å²) in [5.41, 5.74) is 2.65. The standard InChI is InChI=1S/C9H13BN2/c1-10-11(2)8-6-4-5-7-9(8)12(10)3/h4-7H,1-3H3. The van der Waals surface area contributed by atoms with Crippen molar-refractivity contribution in [3.63, 3.8) is 0 Å². The lowest BCUT2D eigenvalue weighted by Crippen LogP contribution is -2.41. The van der Waals surface area contributed by atoms with E-state index in [1.54, 1.807) is 0 Å². The van der Waals surface area contributed by atoms with Crippen molar-refractivity contribution < 1.29 is 0 Å². The molecule has 12 heavy (non-hydrogen) atoms. The molecule has 0 saturated heterocycles. The second-order valence-electron chi connectivity index (χ2n) is 3.34. The summed E-state index contributed by atoms with van der Waals surface area (Å²) in [4.78, 5) is 4.57. The number of hydrogen-bond donors (Lipinski definition) is 0. The van der Waals surface area contributed by atoms with Gasteiger partial charge in [0.1, 0.15) is 0 Å². The molecule has 0 aromatic heterocycles. The molecule has 1 aromatic carbocycles. The van der Waals surface area contributed by atoms with E-state index in [1.165, 1.54) is 11.4 Å². The van der Waals surface area contributed by atoms with E-state index < -0.39 is 0 Å². The Morgan fingerprint density at radius 3 is 1.83 bits per heavy atom. The topological polar surface area (TPSA) is 6.48 Å². The van der Waals surface area contributed by atoms with Crippen LogP contribution in [-0.4, -0.2) is 21.1 Å². The third-order valence-corrected chi connectivity index (χ3v) is 2.76. The molecule has 1 aromatic rings. The first-order chi connectivity index (χ1) is 5.72. The predicted octanol–water partition coefficient (Wildman–Crippen LogP) is 1.69. The monoisotopic (exact) mass is 160 g/mol. The molecule has 0 radical (unpaired) electrons. The predicted molar refractivity (Wildman–Crippen MR) is 54.9 cm³/mol. The Hall–Kier alpha value is -1.12. The fourth-order valence-corrected chi connectivity index (χ4v) is 1.72. The van der Waals surface area contributed by atoms with Gasteiger partial charge in [0.05, 0.1) is 0 Å². The highest BCUT2D eigenvalue weighted by atomic mass is 15.3. The third-order valence-electron chi connectivity index (χ3n) is 2.76. The number of hydrogen-bond acceptors (Lipinski definition) is 2. The van der Waals surface area contributed by atoms with Gasteiger partial charge in [-0.1, -0.05) is 12.1 Å². The summed E-state index contributed by atoms with van der Waals surface area (Å²) in [6, 6.07) is 8.49. The van der Waals surface area contributed by atoms with Crippen LogP contribution in [0.5, 0.6) is 0 Å². The van der Waals surface area contributed by atoms with E-state index >= 15 is 0 Å². The smallest absolute Gasteiger partial charge is 0.371 e. The average molecular weight is 160 g/mol. The molecule has 0 saturated carbocycles. The molecule has 1 heterocycles. The van der Waals surface area contributed by atoms with E-state index in [9.17, 15) is 0 Å². The van der Waals surface area contributed by atoms with E-state index in [4.69, 9.17) is 0 Å². The van der Waals surface area contributed by atoms with Gasteiger partial charge in [-0.25, -0.2) is 0 Å². The lowest BCUT2D eigenvalue weighted by Gasteiger charge is -2.18. The second kappa shape index (κ2) is 2.44. The number of rotatable bonds is 0. The van der Waals surface area contributed by atoms with Crippen LogP contribution >= 0.6 is 0 Å². The van der Waals surface area contributed by atoms with Crippen molar-refractivity contribution in [1.82, 2.24) is 0 Å². The number of nitrogens with zero attached hydrogens (tertiary/aromatic N) is 2. The Labute approximate surface area is 73.9 Å². The zero-order valence-corrected chi connectivity index (χ0v) is 7.78. The third kappa shape index (κ3) is 0.824. The van der Waals surface area contributed by atoms with Gasteiger partial charge < -0.3 is 9.62 Å². The van der Waals surface area contributed by atoms with Crippen LogP contribution in [0, 0.1) is 0 Å². The Morgan fingerprint density at radius 2 is 1.42 bits per heavy atom. The maximum absolute atomic E-state index is 2.29. The van der Waals surface area contributed by atoms with Crippen LogP contribution in [0.25, 0.3) is 0 Å². The van der Waals surface area contributed by atoms with Crippen LogP contribution < -0.4 is 9.62 Å². The first-order valence-corrected chi connectivity index (χ1v) is 4.26. The maximum Gasteiger partial charge on any atom is 0.371 e. The van der Waals surface area contributed by atoms with E-state index in [-0.39, 0.29) is 0 Å². The lowest BCUT2D eigenvalue weighted by atomic mass is 9.78. The SMILES string of the molecule is CB1N(C)c2ccccc2N1C. The minimum absolute atomic E-state index is 0.474. The molecular weight excluding hydrogens is 147 g/mol. The van der Waals surface area contributed by atoms with Crippen molar-refractivity contribution in [2.24, 2.45) is 0 Å². The van der Waals surface area contributed by atoms with Crippen LogP contribution in [0.2, 0.25) is 6.82 Å². The minimum Gasteiger partial charge on any atom is -0.397 e. The minimum atomic E-state index is 0.474. The summed E-state index contributed by atoms with van der Waals surface area (Å²) in [5.74, 6) is 0. The van der Waals surface area contributed by atoms with Gasteiger partial charge in [0.2, 0.25) is 0 Å². The molecule has 0 amide bonds. The van der Waals surface area contributed by atoms with Gasteiger partial charge >= 0.3 is 6.98 Å². The highest BCUT2D eigenvalue weighted by Gasteiger charge is 2.30. The molecule has 62 valence electrons. The Balaban J connectivity index is 2.52. The van der Waals surface area contributed by atoms with Crippen LogP contribution in [0.15, 0.2) is 24.3 Å². The molecule has 1 aliphatic heterocycles. The molecular formula is C9H13BN2. The van der Waals surface area contributed by atoms with Gasteiger partial charge in [0.15, 0.2) is 0 Å². The Kier molecular flexibility index (Phi) is 1.53. The fraction of sp³-hybridized carbons (Fsp3) is 0.333. The summed E-state index contributed by atoms with van der Waals surface area (Å²) in [6.07, 6.45) is 0. The van der Waals surface area contributed by atoms with Gasteiger partial charge in [0.25, 0.3) is 0 Å². The Bertz CT molecular complexity index is 271. The average Bonchev–Trinajstić information content (AvgIpc) is 2.33. The van der Waals surface area contributed by atoms with Crippen molar-refractivity contribution in [3.05, 3.63) is 24.3 Å². The van der Waals surface area contributed by atoms with E-state index in [0.717, 1.165) is 0 Å². The van der Waals surface area contributed by atoms with Crippen molar-refractivity contribution >= 4 is 18.4 Å². The largest absolute Gasteiger partial charge is 0.397 e. The second-order valence-corrected chi connectivity index (χ2v) is 3.34. The van der Waals surface area contributed by atoms with Gasteiger partial charge in [-0.05, 0) is 33.1 Å². The molecule has 0 atom stereocenters. The summed E-state index contributed by atoms with van der Waals surface area (Å²) < 4.78 is 0. The first-order valence-electron chi connectivity index (χ1n) is 4.26. The Morgan fingerprint density at radius 1 is 1.00 bits per heavy atom.